The summed E-state index contributed by atoms with van der Waals surface area (Å²) in [5.74, 6) is 0.486. The van der Waals surface area contributed by atoms with E-state index in [9.17, 15) is 9.50 Å². The van der Waals surface area contributed by atoms with E-state index in [-0.39, 0.29) is 5.82 Å². The maximum Gasteiger partial charge on any atom is 0.123 e. The third kappa shape index (κ3) is 5.12. The molecule has 1 aliphatic rings. The monoisotopic (exact) mass is 253 g/mol. The minimum Gasteiger partial charge on any atom is -0.389 e. The lowest BCUT2D eigenvalue weighted by atomic mass is 10.2. The van der Waals surface area contributed by atoms with Gasteiger partial charge in [-0.05, 0) is 36.5 Å². The predicted octanol–water partition coefficient (Wildman–Crippen LogP) is 1.70. The first-order valence-electron chi connectivity index (χ1n) is 6.45. The average Bonchev–Trinajstić information content (AvgIpc) is 3.13. The van der Waals surface area contributed by atoms with Crippen LogP contribution in [0.4, 0.5) is 4.39 Å². The molecule has 3 nitrogen and oxygen atoms in total. The molecule has 0 heterocycles. The van der Waals surface area contributed by atoms with Crippen molar-refractivity contribution in [3.8, 4) is 0 Å². The largest absolute Gasteiger partial charge is 0.389 e. The topological polar surface area (TPSA) is 41.5 Å². The molecule has 0 saturated heterocycles. The Morgan fingerprint density at radius 2 is 2.28 bits per heavy atom. The molecule has 0 aliphatic heterocycles. The van der Waals surface area contributed by atoms with Crippen molar-refractivity contribution in [3.63, 3.8) is 0 Å². The van der Waals surface area contributed by atoms with Gasteiger partial charge in [0.2, 0.25) is 0 Å². The maximum absolute atomic E-state index is 12.9. The van der Waals surface area contributed by atoms with Gasteiger partial charge < -0.3 is 15.2 Å². The van der Waals surface area contributed by atoms with Crippen molar-refractivity contribution in [3.05, 3.63) is 35.6 Å². The van der Waals surface area contributed by atoms with E-state index < -0.39 is 6.10 Å². The van der Waals surface area contributed by atoms with Gasteiger partial charge in [-0.2, -0.15) is 0 Å². The number of aliphatic hydroxyl groups excluding tert-OH is 1. The zero-order valence-corrected chi connectivity index (χ0v) is 10.4. The van der Waals surface area contributed by atoms with Crippen LogP contribution in [0.5, 0.6) is 0 Å². The number of ether oxygens (including phenoxy) is 1. The standard InChI is InChI=1S/C14H20FNO2/c15-13-3-1-2-12(6-13)7-16-8-14(17)10-18-9-11-4-5-11/h1-3,6,11,14,16-17H,4-5,7-10H2. The fourth-order valence-electron chi connectivity index (χ4n) is 1.74. The van der Waals surface area contributed by atoms with Gasteiger partial charge in [-0.25, -0.2) is 4.39 Å². The molecule has 4 heteroatoms. The summed E-state index contributed by atoms with van der Waals surface area (Å²) >= 11 is 0. The molecule has 2 N–H and O–H groups in total. The zero-order chi connectivity index (χ0) is 12.8. The van der Waals surface area contributed by atoms with Gasteiger partial charge in [0.15, 0.2) is 0 Å². The highest BCUT2D eigenvalue weighted by Crippen LogP contribution is 2.28. The van der Waals surface area contributed by atoms with Crippen LogP contribution in [0.1, 0.15) is 18.4 Å². The molecule has 0 aromatic heterocycles. The number of aliphatic hydroxyl groups is 1. The zero-order valence-electron chi connectivity index (χ0n) is 10.4. The van der Waals surface area contributed by atoms with Crippen molar-refractivity contribution in [2.75, 3.05) is 19.8 Å². The quantitative estimate of drug-likeness (QED) is 0.741. The van der Waals surface area contributed by atoms with Gasteiger partial charge in [0.25, 0.3) is 0 Å². The molecule has 1 saturated carbocycles. The lowest BCUT2D eigenvalue weighted by Crippen LogP contribution is -2.30. The third-order valence-corrected chi connectivity index (χ3v) is 2.96. The Morgan fingerprint density at radius 3 is 3.00 bits per heavy atom. The van der Waals surface area contributed by atoms with Gasteiger partial charge in [-0.1, -0.05) is 12.1 Å². The van der Waals surface area contributed by atoms with E-state index in [0.717, 1.165) is 18.1 Å². The number of hydrogen-bond acceptors (Lipinski definition) is 3. The van der Waals surface area contributed by atoms with Gasteiger partial charge in [-0.3, -0.25) is 0 Å². The van der Waals surface area contributed by atoms with Crippen molar-refractivity contribution in [2.24, 2.45) is 5.92 Å². The van der Waals surface area contributed by atoms with Crippen LogP contribution in [0.25, 0.3) is 0 Å². The summed E-state index contributed by atoms with van der Waals surface area (Å²) in [7, 11) is 0. The van der Waals surface area contributed by atoms with E-state index in [4.69, 9.17) is 4.74 Å². The van der Waals surface area contributed by atoms with Gasteiger partial charge in [0.05, 0.1) is 12.7 Å². The Balaban J connectivity index is 1.56. The highest BCUT2D eigenvalue weighted by atomic mass is 19.1. The Bertz CT molecular complexity index is 369. The summed E-state index contributed by atoms with van der Waals surface area (Å²) in [5, 5.41) is 12.7. The lowest BCUT2D eigenvalue weighted by molar-refractivity contribution is 0.0324. The van der Waals surface area contributed by atoms with Crippen LogP contribution in [-0.4, -0.2) is 31.0 Å². The van der Waals surface area contributed by atoms with Crippen molar-refractivity contribution >= 4 is 0 Å². The number of halogens is 1. The number of benzene rings is 1. The molecule has 100 valence electrons. The van der Waals surface area contributed by atoms with Gasteiger partial charge in [0, 0.05) is 19.7 Å². The molecule has 1 atom stereocenters. The minimum absolute atomic E-state index is 0.234. The first-order valence-corrected chi connectivity index (χ1v) is 6.45. The molecule has 0 amide bonds. The summed E-state index contributed by atoms with van der Waals surface area (Å²) in [5.41, 5.74) is 0.876. The van der Waals surface area contributed by atoms with E-state index in [1.165, 1.54) is 25.0 Å². The Morgan fingerprint density at radius 1 is 1.44 bits per heavy atom. The van der Waals surface area contributed by atoms with Crippen LogP contribution in [0, 0.1) is 11.7 Å². The van der Waals surface area contributed by atoms with Crippen LogP contribution in [0.15, 0.2) is 24.3 Å². The fraction of sp³-hybridized carbons (Fsp3) is 0.571. The molecule has 2 rings (SSSR count). The summed E-state index contributed by atoms with van der Waals surface area (Å²) < 4.78 is 18.3. The van der Waals surface area contributed by atoms with Gasteiger partial charge >= 0.3 is 0 Å². The molecule has 0 bridgehead atoms. The summed E-state index contributed by atoms with van der Waals surface area (Å²) in [6.45, 7) is 2.15. The number of rotatable bonds is 8. The van der Waals surface area contributed by atoms with Crippen molar-refractivity contribution < 1.29 is 14.2 Å². The average molecular weight is 253 g/mol. The van der Waals surface area contributed by atoms with E-state index in [1.807, 2.05) is 6.07 Å². The van der Waals surface area contributed by atoms with Crippen LogP contribution in [-0.2, 0) is 11.3 Å². The van der Waals surface area contributed by atoms with Crippen LogP contribution in [0.2, 0.25) is 0 Å². The molecule has 1 fully saturated rings. The summed E-state index contributed by atoms with van der Waals surface area (Å²) in [6.07, 6.45) is 2.01. The molecule has 18 heavy (non-hydrogen) atoms. The second-order valence-electron chi connectivity index (χ2n) is 4.90. The molecule has 1 aliphatic carbocycles. The van der Waals surface area contributed by atoms with Crippen LogP contribution >= 0.6 is 0 Å². The Labute approximate surface area is 107 Å². The van der Waals surface area contributed by atoms with Crippen molar-refractivity contribution in [2.45, 2.75) is 25.5 Å². The maximum atomic E-state index is 12.9. The molecule has 1 aromatic rings. The van der Waals surface area contributed by atoms with Crippen LogP contribution in [0.3, 0.4) is 0 Å². The highest BCUT2D eigenvalue weighted by molar-refractivity contribution is 5.15. The van der Waals surface area contributed by atoms with E-state index in [2.05, 4.69) is 5.32 Å². The van der Waals surface area contributed by atoms with E-state index in [1.54, 1.807) is 6.07 Å². The summed E-state index contributed by atoms with van der Waals surface area (Å²) in [6, 6.07) is 6.45. The van der Waals surface area contributed by atoms with Crippen LogP contribution < -0.4 is 5.32 Å². The summed E-state index contributed by atoms with van der Waals surface area (Å²) in [4.78, 5) is 0. The van der Waals surface area contributed by atoms with E-state index in [0.29, 0.717) is 19.7 Å². The SMILES string of the molecule is OC(CNCc1cccc(F)c1)COCC1CC1. The van der Waals surface area contributed by atoms with Gasteiger partial charge in [0.1, 0.15) is 5.82 Å². The number of nitrogens with one attached hydrogen (secondary N) is 1. The van der Waals surface area contributed by atoms with Crippen molar-refractivity contribution in [1.29, 1.82) is 0 Å². The molecular weight excluding hydrogens is 233 g/mol. The first kappa shape index (κ1) is 13.5. The molecular formula is C14H20FNO2. The van der Waals surface area contributed by atoms with Crippen molar-refractivity contribution in [1.82, 2.24) is 5.32 Å². The molecule has 1 unspecified atom stereocenters. The molecule has 1 aromatic carbocycles. The molecule has 0 radical (unpaired) electrons. The minimum atomic E-state index is -0.502. The Kier molecular flexibility index (Phi) is 5.11. The number of hydrogen-bond donors (Lipinski definition) is 2. The Hall–Kier alpha value is -0.970. The predicted molar refractivity (Wildman–Crippen MR) is 67.7 cm³/mol. The first-order chi connectivity index (χ1) is 8.74. The second kappa shape index (κ2) is 6.83. The van der Waals surface area contributed by atoms with E-state index >= 15 is 0 Å². The fourth-order valence-corrected chi connectivity index (χ4v) is 1.74. The van der Waals surface area contributed by atoms with Gasteiger partial charge in [-0.15, -0.1) is 0 Å². The second-order valence-corrected chi connectivity index (χ2v) is 4.90. The lowest BCUT2D eigenvalue weighted by Gasteiger charge is -2.12. The highest BCUT2D eigenvalue weighted by Gasteiger charge is 2.21. The molecule has 0 spiro atoms. The third-order valence-electron chi connectivity index (χ3n) is 2.96. The normalized spacial score (nSPS) is 16.8. The smallest absolute Gasteiger partial charge is 0.123 e.